The van der Waals surface area contributed by atoms with Crippen LogP contribution in [0.2, 0.25) is 0 Å². The summed E-state index contributed by atoms with van der Waals surface area (Å²) >= 11 is 0. The van der Waals surface area contributed by atoms with Crippen LogP contribution in [-0.4, -0.2) is 29.6 Å². The monoisotopic (exact) mass is 1010 g/mol. The Balaban J connectivity index is 0.00000544. The Labute approximate surface area is 385 Å². The SMILES string of the molecule is CC(C)(C)c1ccc(-n2c(-c3[c-]c(-c4cc(C(C)(C)C)cc5nccnc45)nc(C(C)(C)C)c3)nc3c(-c4cc(-c5ccccc5)ccc4O)cccc32)c(-c2ccccc2)c1.[Pt]. The third-order valence-corrected chi connectivity index (χ3v) is 11.7. The molecule has 0 amide bonds. The molecule has 0 saturated heterocycles. The predicted molar refractivity (Wildman–Crippen MR) is 256 cm³/mol. The Morgan fingerprint density at radius 1 is 0.508 bits per heavy atom. The van der Waals surface area contributed by atoms with Crippen LogP contribution in [0.3, 0.4) is 0 Å². The Morgan fingerprint density at radius 2 is 1.17 bits per heavy atom. The fourth-order valence-electron chi connectivity index (χ4n) is 8.15. The Kier molecular flexibility index (Phi) is 11.4. The number of phenolic OH excluding ortho intramolecular Hbond substituents is 1. The largest absolute Gasteiger partial charge is 0.507 e. The molecule has 1 N–H and O–H groups in total. The number of phenols is 1. The minimum Gasteiger partial charge on any atom is -0.507 e. The van der Waals surface area contributed by atoms with Gasteiger partial charge < -0.3 is 9.67 Å². The topological polar surface area (TPSA) is 76.7 Å². The minimum atomic E-state index is -0.322. The van der Waals surface area contributed by atoms with Crippen LogP contribution in [0.4, 0.5) is 0 Å². The van der Waals surface area contributed by atoms with Crippen LogP contribution in [0.25, 0.3) is 83.8 Å². The molecule has 9 aromatic rings. The summed E-state index contributed by atoms with van der Waals surface area (Å²) < 4.78 is 2.28. The molecule has 0 atom stereocenters. The van der Waals surface area contributed by atoms with E-state index in [-0.39, 0.29) is 43.1 Å². The number of imidazole rings is 1. The Morgan fingerprint density at radius 3 is 1.86 bits per heavy atom. The zero-order chi connectivity index (χ0) is 43.6. The molecule has 6 nitrogen and oxygen atoms in total. The molecule has 0 saturated carbocycles. The summed E-state index contributed by atoms with van der Waals surface area (Å²) in [4.78, 5) is 20.6. The number of rotatable bonds is 6. The molecule has 7 heteroatoms. The molecular formula is C56H52N5OPt-. The number of para-hydroxylation sites is 1. The van der Waals surface area contributed by atoms with E-state index in [2.05, 4.69) is 176 Å². The van der Waals surface area contributed by atoms with Crippen LogP contribution in [0.5, 0.6) is 5.75 Å². The van der Waals surface area contributed by atoms with Crippen LogP contribution in [0.1, 0.15) is 79.1 Å². The first-order valence-electron chi connectivity index (χ1n) is 21.4. The quantitative estimate of drug-likeness (QED) is 0.168. The van der Waals surface area contributed by atoms with E-state index in [0.29, 0.717) is 17.1 Å². The van der Waals surface area contributed by atoms with Crippen molar-refractivity contribution in [3.05, 3.63) is 169 Å². The summed E-state index contributed by atoms with van der Waals surface area (Å²) in [6.45, 7) is 20.0. The van der Waals surface area contributed by atoms with E-state index in [1.165, 1.54) is 5.56 Å². The summed E-state index contributed by atoms with van der Waals surface area (Å²) in [6.07, 6.45) is 3.49. The molecular weight excluding hydrogens is 954 g/mol. The van der Waals surface area contributed by atoms with Crippen molar-refractivity contribution < 1.29 is 26.2 Å². The van der Waals surface area contributed by atoms with Gasteiger partial charge in [-0.05, 0) is 91.7 Å². The van der Waals surface area contributed by atoms with Crippen molar-refractivity contribution >= 4 is 22.1 Å². The standard InChI is InChI=1S/C56H52N5O.Pt/c1-54(2,3)39-24-25-47(42(32-39)36-19-14-11-15-20-36)61-48-22-16-21-41(43-29-37(23-26-49(43)62)35-17-12-10-13-18-35)52(48)60-53(61)38-30-45(59-50(31-38)56(7,8)9)44-33-40(55(4,5)6)34-46-51(44)58-28-27-57-46;/h10-29,31-34,62H,1-9H3;/q-1;. The number of nitrogens with zero attached hydrogens (tertiary/aromatic N) is 5. The molecule has 0 spiro atoms. The van der Waals surface area contributed by atoms with Gasteiger partial charge in [-0.25, -0.2) is 0 Å². The fraction of sp³-hybridized carbons (Fsp3) is 0.214. The van der Waals surface area contributed by atoms with Gasteiger partial charge in [-0.2, -0.15) is 0 Å². The third kappa shape index (κ3) is 8.37. The number of aromatic nitrogens is 5. The fourth-order valence-corrected chi connectivity index (χ4v) is 8.15. The van der Waals surface area contributed by atoms with Crippen LogP contribution in [-0.2, 0) is 37.3 Å². The minimum absolute atomic E-state index is 0. The number of hydrogen-bond acceptors (Lipinski definition) is 5. The molecule has 318 valence electrons. The van der Waals surface area contributed by atoms with Crippen LogP contribution < -0.4 is 0 Å². The normalized spacial score (nSPS) is 12.1. The van der Waals surface area contributed by atoms with Crippen molar-refractivity contribution in [2.24, 2.45) is 0 Å². The van der Waals surface area contributed by atoms with E-state index in [1.807, 2.05) is 24.3 Å². The Hall–Kier alpha value is -6.23. The van der Waals surface area contributed by atoms with Crippen molar-refractivity contribution in [2.45, 2.75) is 78.6 Å². The van der Waals surface area contributed by atoms with E-state index in [1.54, 1.807) is 18.5 Å². The van der Waals surface area contributed by atoms with E-state index < -0.39 is 0 Å². The number of fused-ring (bicyclic) bond motifs is 2. The van der Waals surface area contributed by atoms with Crippen molar-refractivity contribution in [2.75, 3.05) is 0 Å². The smallest absolute Gasteiger partial charge is 0.123 e. The molecule has 0 aliphatic carbocycles. The maximum absolute atomic E-state index is 11.6. The van der Waals surface area contributed by atoms with Crippen molar-refractivity contribution in [3.8, 4) is 67.5 Å². The van der Waals surface area contributed by atoms with Crippen molar-refractivity contribution in [3.63, 3.8) is 0 Å². The molecule has 63 heavy (non-hydrogen) atoms. The number of benzene rings is 6. The van der Waals surface area contributed by atoms with Gasteiger partial charge in [0.05, 0.1) is 27.9 Å². The molecule has 0 radical (unpaired) electrons. The zero-order valence-corrected chi connectivity index (χ0v) is 39.6. The van der Waals surface area contributed by atoms with Gasteiger partial charge in [-0.15, -0.1) is 17.7 Å². The van der Waals surface area contributed by atoms with Gasteiger partial charge in [0, 0.05) is 61.5 Å². The molecule has 0 aliphatic rings. The molecule has 0 unspecified atom stereocenters. The second-order valence-corrected chi connectivity index (χ2v) is 19.4. The second kappa shape index (κ2) is 16.5. The van der Waals surface area contributed by atoms with E-state index in [4.69, 9.17) is 19.9 Å². The summed E-state index contributed by atoms with van der Waals surface area (Å²) in [5, 5.41) is 11.6. The van der Waals surface area contributed by atoms with E-state index >= 15 is 0 Å². The average Bonchev–Trinajstić information content (AvgIpc) is 3.65. The van der Waals surface area contributed by atoms with Gasteiger partial charge in [0.15, 0.2) is 0 Å². The second-order valence-electron chi connectivity index (χ2n) is 19.4. The summed E-state index contributed by atoms with van der Waals surface area (Å²) in [5.74, 6) is 0.899. The average molecular weight is 1010 g/mol. The van der Waals surface area contributed by atoms with Crippen LogP contribution in [0.15, 0.2) is 146 Å². The summed E-state index contributed by atoms with van der Waals surface area (Å²) in [7, 11) is 0. The first kappa shape index (κ1) is 43.4. The molecule has 0 fully saturated rings. The summed E-state index contributed by atoms with van der Waals surface area (Å²) in [6, 6.07) is 50.0. The maximum Gasteiger partial charge on any atom is 0.123 e. The first-order chi connectivity index (χ1) is 29.5. The summed E-state index contributed by atoms with van der Waals surface area (Å²) in [5.41, 5.74) is 15.1. The molecule has 0 aliphatic heterocycles. The number of hydrogen-bond donors (Lipinski definition) is 1. The van der Waals surface area contributed by atoms with Gasteiger partial charge in [0.1, 0.15) is 5.75 Å². The molecule has 3 heterocycles. The molecule has 3 aromatic heterocycles. The van der Waals surface area contributed by atoms with Gasteiger partial charge in [0.25, 0.3) is 0 Å². The van der Waals surface area contributed by atoms with Gasteiger partial charge in [-0.3, -0.25) is 19.9 Å². The van der Waals surface area contributed by atoms with Gasteiger partial charge in [0.2, 0.25) is 0 Å². The number of pyridine rings is 1. The first-order valence-corrected chi connectivity index (χ1v) is 21.4. The zero-order valence-electron chi connectivity index (χ0n) is 37.4. The Bertz CT molecular complexity index is 3130. The van der Waals surface area contributed by atoms with E-state index in [0.717, 1.165) is 78.0 Å². The van der Waals surface area contributed by atoms with Crippen LogP contribution >= 0.6 is 0 Å². The maximum atomic E-state index is 11.6. The predicted octanol–water partition coefficient (Wildman–Crippen LogP) is 14.1. The van der Waals surface area contributed by atoms with Gasteiger partial charge >= 0.3 is 0 Å². The van der Waals surface area contributed by atoms with Gasteiger partial charge in [-0.1, -0.05) is 153 Å². The molecule has 6 aromatic carbocycles. The number of aromatic hydroxyl groups is 1. The molecule has 9 rings (SSSR count). The third-order valence-electron chi connectivity index (χ3n) is 11.7. The van der Waals surface area contributed by atoms with E-state index in [9.17, 15) is 5.11 Å². The molecule has 0 bridgehead atoms. The van der Waals surface area contributed by atoms with Crippen molar-refractivity contribution in [1.82, 2.24) is 24.5 Å². The van der Waals surface area contributed by atoms with Crippen molar-refractivity contribution in [1.29, 1.82) is 0 Å². The van der Waals surface area contributed by atoms with Crippen LogP contribution in [0, 0.1) is 6.07 Å².